The van der Waals surface area contributed by atoms with Crippen molar-refractivity contribution in [2.45, 2.75) is 33.8 Å². The molecule has 0 heterocycles. The lowest BCUT2D eigenvalue weighted by Gasteiger charge is -2.16. The molecule has 0 aromatic heterocycles. The lowest BCUT2D eigenvalue weighted by Crippen LogP contribution is -2.25. The molecule has 0 aliphatic rings. The van der Waals surface area contributed by atoms with E-state index in [1.807, 2.05) is 26.8 Å². The van der Waals surface area contributed by atoms with E-state index in [4.69, 9.17) is 4.74 Å². The Labute approximate surface area is 102 Å². The molecule has 0 aliphatic carbocycles. The minimum atomic E-state index is -1.02. The number of hydrogen-bond donors (Lipinski definition) is 2. The summed E-state index contributed by atoms with van der Waals surface area (Å²) < 4.78 is 5.30. The number of carbonyl (C=O) groups is 1. The average molecular weight is 237 g/mol. The van der Waals surface area contributed by atoms with Gasteiger partial charge in [0.05, 0.1) is 7.11 Å². The largest absolute Gasteiger partial charge is 0.496 e. The molecule has 0 saturated heterocycles. The fraction of sp³-hybridized carbons (Fsp3) is 0.462. The van der Waals surface area contributed by atoms with Crippen molar-refractivity contribution in [3.63, 3.8) is 0 Å². The van der Waals surface area contributed by atoms with E-state index in [1.165, 1.54) is 6.92 Å². The first-order valence-corrected chi connectivity index (χ1v) is 5.52. The molecule has 2 N–H and O–H groups in total. The van der Waals surface area contributed by atoms with Gasteiger partial charge in [-0.25, -0.2) is 0 Å². The Hall–Kier alpha value is -1.55. The van der Waals surface area contributed by atoms with E-state index < -0.39 is 12.0 Å². The molecule has 0 fully saturated rings. The van der Waals surface area contributed by atoms with Crippen molar-refractivity contribution in [1.29, 1.82) is 0 Å². The van der Waals surface area contributed by atoms with Crippen LogP contribution in [-0.4, -0.2) is 24.2 Å². The molecule has 0 saturated carbocycles. The van der Waals surface area contributed by atoms with Crippen LogP contribution in [0.25, 0.3) is 0 Å². The second-order valence-corrected chi connectivity index (χ2v) is 4.19. The summed E-state index contributed by atoms with van der Waals surface area (Å²) in [6.07, 6.45) is -1.02. The monoisotopic (exact) mass is 237 g/mol. The molecule has 17 heavy (non-hydrogen) atoms. The van der Waals surface area contributed by atoms with Gasteiger partial charge in [0.1, 0.15) is 11.9 Å². The average Bonchev–Trinajstić information content (AvgIpc) is 2.26. The Morgan fingerprint density at radius 3 is 2.41 bits per heavy atom. The fourth-order valence-corrected chi connectivity index (χ4v) is 1.74. The molecule has 0 spiro atoms. The van der Waals surface area contributed by atoms with Gasteiger partial charge in [0.25, 0.3) is 5.91 Å². The van der Waals surface area contributed by atoms with Gasteiger partial charge in [-0.1, -0.05) is 0 Å². The fourth-order valence-electron chi connectivity index (χ4n) is 1.74. The number of aliphatic hydroxyl groups excluding tert-OH is 1. The first-order valence-electron chi connectivity index (χ1n) is 5.52. The summed E-state index contributed by atoms with van der Waals surface area (Å²) in [6.45, 7) is 7.21. The number of carbonyl (C=O) groups excluding carboxylic acids is 1. The lowest BCUT2D eigenvalue weighted by atomic mass is 10.0. The van der Waals surface area contributed by atoms with Crippen LogP contribution < -0.4 is 10.1 Å². The minimum absolute atomic E-state index is 0.405. The third kappa shape index (κ3) is 2.77. The summed E-state index contributed by atoms with van der Waals surface area (Å²) >= 11 is 0. The van der Waals surface area contributed by atoms with Crippen molar-refractivity contribution >= 4 is 11.6 Å². The molecule has 0 aliphatic heterocycles. The zero-order valence-electron chi connectivity index (χ0n) is 10.9. The molecular formula is C13H19NO3. The molecule has 0 radical (unpaired) electrons. The number of hydrogen-bond acceptors (Lipinski definition) is 3. The van der Waals surface area contributed by atoms with Crippen LogP contribution in [0.2, 0.25) is 0 Å². The summed E-state index contributed by atoms with van der Waals surface area (Å²) in [5.41, 5.74) is 3.61. The second kappa shape index (κ2) is 5.19. The van der Waals surface area contributed by atoms with Crippen LogP contribution in [0.4, 0.5) is 5.69 Å². The molecule has 4 nitrogen and oxygen atoms in total. The van der Waals surface area contributed by atoms with Crippen LogP contribution in [0.5, 0.6) is 5.75 Å². The Kier molecular flexibility index (Phi) is 4.12. The summed E-state index contributed by atoms with van der Waals surface area (Å²) in [4.78, 5) is 11.4. The number of amides is 1. The van der Waals surface area contributed by atoms with Gasteiger partial charge in [-0.3, -0.25) is 4.79 Å². The third-order valence-corrected chi connectivity index (χ3v) is 2.87. The van der Waals surface area contributed by atoms with Crippen LogP contribution in [0.3, 0.4) is 0 Å². The van der Waals surface area contributed by atoms with E-state index >= 15 is 0 Å². The quantitative estimate of drug-likeness (QED) is 0.844. The maximum atomic E-state index is 11.4. The Bertz CT molecular complexity index is 439. The zero-order chi connectivity index (χ0) is 13.2. The molecule has 1 unspecified atom stereocenters. The highest BCUT2D eigenvalue weighted by atomic mass is 16.5. The highest BCUT2D eigenvalue weighted by molar-refractivity contribution is 5.94. The number of methoxy groups -OCH3 is 1. The maximum absolute atomic E-state index is 11.4. The van der Waals surface area contributed by atoms with Crippen LogP contribution in [0.15, 0.2) is 6.07 Å². The highest BCUT2D eigenvalue weighted by Crippen LogP contribution is 2.31. The molecule has 1 aromatic carbocycles. The van der Waals surface area contributed by atoms with Gasteiger partial charge in [0.15, 0.2) is 0 Å². The van der Waals surface area contributed by atoms with Crippen LogP contribution in [-0.2, 0) is 4.79 Å². The number of anilines is 1. The van der Waals surface area contributed by atoms with Crippen molar-refractivity contribution < 1.29 is 14.6 Å². The highest BCUT2D eigenvalue weighted by Gasteiger charge is 2.14. The van der Waals surface area contributed by atoms with Gasteiger partial charge in [-0.05, 0) is 50.5 Å². The van der Waals surface area contributed by atoms with Gasteiger partial charge in [-0.15, -0.1) is 0 Å². The van der Waals surface area contributed by atoms with E-state index in [0.717, 1.165) is 22.4 Å². The van der Waals surface area contributed by atoms with E-state index in [-0.39, 0.29) is 0 Å². The molecule has 1 aromatic rings. The minimum Gasteiger partial charge on any atom is -0.496 e. The maximum Gasteiger partial charge on any atom is 0.252 e. The van der Waals surface area contributed by atoms with Crippen molar-refractivity contribution in [2.75, 3.05) is 12.4 Å². The summed E-state index contributed by atoms with van der Waals surface area (Å²) in [5, 5.41) is 11.9. The predicted octanol–water partition coefficient (Wildman–Crippen LogP) is 1.94. The predicted molar refractivity (Wildman–Crippen MR) is 67.5 cm³/mol. The number of nitrogens with one attached hydrogen (secondary N) is 1. The topological polar surface area (TPSA) is 58.6 Å². The second-order valence-electron chi connectivity index (χ2n) is 4.19. The molecule has 0 bridgehead atoms. The zero-order valence-corrected chi connectivity index (χ0v) is 10.9. The number of aryl methyl sites for hydroxylation is 1. The van der Waals surface area contributed by atoms with Crippen LogP contribution in [0.1, 0.15) is 23.6 Å². The first-order chi connectivity index (χ1) is 7.88. The molecular weight excluding hydrogens is 218 g/mol. The van der Waals surface area contributed by atoms with Gasteiger partial charge in [0, 0.05) is 5.69 Å². The summed E-state index contributed by atoms with van der Waals surface area (Å²) in [7, 11) is 1.63. The molecule has 1 amide bonds. The lowest BCUT2D eigenvalue weighted by molar-refractivity contribution is -0.123. The Morgan fingerprint density at radius 1 is 1.35 bits per heavy atom. The van der Waals surface area contributed by atoms with Gasteiger partial charge in [-0.2, -0.15) is 0 Å². The summed E-state index contributed by atoms with van der Waals surface area (Å²) in [6, 6.07) is 1.85. The van der Waals surface area contributed by atoms with E-state index in [2.05, 4.69) is 5.32 Å². The van der Waals surface area contributed by atoms with Crippen molar-refractivity contribution in [3.8, 4) is 5.75 Å². The molecule has 4 heteroatoms. The summed E-state index contributed by atoms with van der Waals surface area (Å²) in [5.74, 6) is 0.426. The standard InChI is InChI=1S/C13H19NO3/c1-7-6-11(14-13(16)10(4)15)8(2)9(3)12(7)17-5/h6,10,15H,1-5H3,(H,14,16). The number of benzene rings is 1. The SMILES string of the molecule is COc1c(C)cc(NC(=O)C(C)O)c(C)c1C. The van der Waals surface area contributed by atoms with Crippen molar-refractivity contribution in [3.05, 3.63) is 22.8 Å². The van der Waals surface area contributed by atoms with E-state index in [9.17, 15) is 9.90 Å². The van der Waals surface area contributed by atoms with Crippen LogP contribution in [0, 0.1) is 20.8 Å². The molecule has 94 valence electrons. The van der Waals surface area contributed by atoms with E-state index in [0.29, 0.717) is 5.69 Å². The number of rotatable bonds is 3. The van der Waals surface area contributed by atoms with Gasteiger partial charge >= 0.3 is 0 Å². The van der Waals surface area contributed by atoms with Gasteiger partial charge < -0.3 is 15.2 Å². The normalized spacial score (nSPS) is 12.1. The first kappa shape index (κ1) is 13.5. The van der Waals surface area contributed by atoms with E-state index in [1.54, 1.807) is 7.11 Å². The third-order valence-electron chi connectivity index (χ3n) is 2.87. The smallest absolute Gasteiger partial charge is 0.252 e. The van der Waals surface area contributed by atoms with Crippen molar-refractivity contribution in [1.82, 2.24) is 0 Å². The van der Waals surface area contributed by atoms with Crippen LogP contribution >= 0.6 is 0 Å². The molecule has 1 atom stereocenters. The Morgan fingerprint density at radius 2 is 1.94 bits per heavy atom. The number of aliphatic hydroxyl groups is 1. The van der Waals surface area contributed by atoms with Crippen molar-refractivity contribution in [2.24, 2.45) is 0 Å². The Balaban J connectivity index is 3.15. The number of ether oxygens (including phenoxy) is 1. The molecule has 1 rings (SSSR count). The van der Waals surface area contributed by atoms with Gasteiger partial charge in [0.2, 0.25) is 0 Å².